The van der Waals surface area contributed by atoms with Gasteiger partial charge in [-0.05, 0) is 181 Å². The van der Waals surface area contributed by atoms with Crippen LogP contribution in [0, 0.1) is 69.8 Å². The number of hydrogen-bond donors (Lipinski definition) is 0. The maximum Gasteiger partial charge on any atom is 0.194 e. The van der Waals surface area contributed by atoms with Crippen LogP contribution in [0.1, 0.15) is 204 Å². The minimum atomic E-state index is -1.81. The molecule has 16 rings (SSSR count). The molecule has 8 nitrogen and oxygen atoms in total. The van der Waals surface area contributed by atoms with Crippen molar-refractivity contribution in [3.8, 4) is 67.5 Å². The molecule has 0 heterocycles. The molecule has 0 unspecified atom stereocenters. The fourth-order valence-electron chi connectivity index (χ4n) is 20.1. The lowest BCUT2D eigenvalue weighted by Gasteiger charge is -2.36. The van der Waals surface area contributed by atoms with Crippen LogP contribution in [0.3, 0.4) is 0 Å². The van der Waals surface area contributed by atoms with E-state index in [0.717, 1.165) is 251 Å². The number of nitrogens with zero attached hydrogens (tertiary/aromatic N) is 4. The summed E-state index contributed by atoms with van der Waals surface area (Å²) in [7, 11) is 5.93. The van der Waals surface area contributed by atoms with E-state index in [1.165, 1.54) is 48.0 Å². The highest BCUT2D eigenvalue weighted by Gasteiger charge is 2.36. The molecular weight excluding hydrogens is 1840 g/mol. The fourth-order valence-corrected chi connectivity index (χ4v) is 20.1. The summed E-state index contributed by atoms with van der Waals surface area (Å²) in [4.78, 5) is 6.12. The van der Waals surface area contributed by atoms with Crippen LogP contribution in [0.2, 0.25) is 0 Å². The monoisotopic (exact) mass is 1960 g/mol. The van der Waals surface area contributed by atoms with E-state index < -0.39 is 69.8 Å². The van der Waals surface area contributed by atoms with Gasteiger partial charge in [0.25, 0.3) is 0 Å². The number of halogens is 12. The van der Waals surface area contributed by atoms with E-state index in [0.29, 0.717) is 67.5 Å². The molecule has 0 saturated carbocycles. The molecule has 0 N–H and O–H groups in total. The van der Waals surface area contributed by atoms with Crippen molar-refractivity contribution in [3.63, 3.8) is 0 Å². The van der Waals surface area contributed by atoms with E-state index in [1.54, 1.807) is 109 Å². The number of anilines is 12. The van der Waals surface area contributed by atoms with Gasteiger partial charge in [-0.25, -0.2) is 52.7 Å². The van der Waals surface area contributed by atoms with E-state index in [1.807, 2.05) is 97.1 Å². The zero-order chi connectivity index (χ0) is 101. The van der Waals surface area contributed by atoms with E-state index in [9.17, 15) is 0 Å². The van der Waals surface area contributed by atoms with Gasteiger partial charge in [0.05, 0.1) is 96.7 Å². The van der Waals surface area contributed by atoms with Crippen LogP contribution in [0.4, 0.5) is 121 Å². The second-order valence-corrected chi connectivity index (χ2v) is 37.5. The number of methoxy groups -OCH3 is 4. The second-order valence-electron chi connectivity index (χ2n) is 37.5. The zero-order valence-corrected chi connectivity index (χ0v) is 83.0. The summed E-state index contributed by atoms with van der Waals surface area (Å²) in [6.07, 6.45) is 28.3. The van der Waals surface area contributed by atoms with E-state index in [-0.39, 0.29) is 101 Å². The Balaban J connectivity index is 1.09. The van der Waals surface area contributed by atoms with Gasteiger partial charge in [0.2, 0.25) is 0 Å². The van der Waals surface area contributed by atoms with Crippen molar-refractivity contribution in [2.75, 3.05) is 48.0 Å². The molecule has 746 valence electrons. The maximum atomic E-state index is 17.4. The van der Waals surface area contributed by atoms with Gasteiger partial charge in [0, 0.05) is 103 Å². The first-order valence-electron chi connectivity index (χ1n) is 50.7. The lowest BCUT2D eigenvalue weighted by molar-refractivity contribution is 0.415. The molecule has 0 radical (unpaired) electrons. The molecule has 0 saturated heterocycles. The van der Waals surface area contributed by atoms with Crippen molar-refractivity contribution in [1.82, 2.24) is 0 Å². The highest BCUT2D eigenvalue weighted by molar-refractivity contribution is 6.33. The van der Waals surface area contributed by atoms with Crippen LogP contribution in [-0.4, -0.2) is 28.4 Å². The Kier molecular flexibility index (Phi) is 34.3. The number of hydrogen-bond acceptors (Lipinski definition) is 8. The van der Waals surface area contributed by atoms with Crippen molar-refractivity contribution in [2.45, 2.75) is 207 Å². The van der Waals surface area contributed by atoms with Crippen molar-refractivity contribution < 1.29 is 71.6 Å². The molecule has 0 bridgehead atoms. The third kappa shape index (κ3) is 23.0. The number of benzene rings is 16. The van der Waals surface area contributed by atoms with E-state index >= 15 is 52.7 Å². The molecule has 0 aliphatic heterocycles. The average molecular weight is 1960 g/mol. The molecule has 0 fully saturated rings. The third-order valence-electron chi connectivity index (χ3n) is 27.8. The second kappa shape index (κ2) is 48.0. The Morgan fingerprint density at radius 1 is 0.188 bits per heavy atom. The summed E-state index contributed by atoms with van der Waals surface area (Å²) in [6.45, 7) is 8.68. The van der Waals surface area contributed by atoms with Gasteiger partial charge in [-0.15, -0.1) is 0 Å². The van der Waals surface area contributed by atoms with Gasteiger partial charge >= 0.3 is 0 Å². The van der Waals surface area contributed by atoms with Gasteiger partial charge in [0.1, 0.15) is 23.0 Å². The number of aryl methyl sites for hydroxylation is 4. The van der Waals surface area contributed by atoms with Gasteiger partial charge in [0.15, 0.2) is 69.8 Å². The summed E-state index contributed by atoms with van der Waals surface area (Å²) in [5.74, 6) is -18.8. The van der Waals surface area contributed by atoms with E-state index in [4.69, 9.17) is 18.9 Å². The Hall–Kier alpha value is -13.9. The maximum absolute atomic E-state index is 17.4. The van der Waals surface area contributed by atoms with Gasteiger partial charge in [-0.3, -0.25) is 0 Å². The quantitative estimate of drug-likeness (QED) is 0.0162. The van der Waals surface area contributed by atoms with E-state index in [2.05, 4.69) is 27.7 Å². The SMILES string of the molecule is CCCCCCCCc1ccc(-c2cc(OC)ccc2N(c2cc(F)c(F)c(F)c2)c2cc(N(c3cc(F)c(F)c(F)c3)c3ccc(OC)cc3-c3ccc(CCCCCCCC)cc3)c3ccc4c(N(c5cc(F)c(F)c(F)c5)c5ccc(OC)cc5-c5ccc(CCCCCCCC)cc5)cc(N(c5cc(F)c(F)c(F)c5)c5ccc(OC)cc5-c5ccc(CCCCCCCC)cc5)c5ccc2c3c54)cc1. The first kappa shape index (κ1) is 103. The zero-order valence-electron chi connectivity index (χ0n) is 83.0. The predicted molar refractivity (Wildman–Crippen MR) is 565 cm³/mol. The number of ether oxygens (including phenoxy) is 4. The van der Waals surface area contributed by atoms with Gasteiger partial charge < -0.3 is 38.5 Å². The van der Waals surface area contributed by atoms with Crippen molar-refractivity contribution in [1.29, 1.82) is 0 Å². The molecule has 0 atom stereocenters. The van der Waals surface area contributed by atoms with Crippen LogP contribution in [0.15, 0.2) is 255 Å². The lowest BCUT2D eigenvalue weighted by atomic mass is 9.88. The Morgan fingerprint density at radius 2 is 0.368 bits per heavy atom. The van der Waals surface area contributed by atoms with Crippen molar-refractivity contribution >= 4 is 101 Å². The molecule has 0 spiro atoms. The first-order valence-corrected chi connectivity index (χ1v) is 50.7. The largest absolute Gasteiger partial charge is 0.497 e. The topological polar surface area (TPSA) is 49.9 Å². The van der Waals surface area contributed by atoms with Gasteiger partial charge in [-0.1, -0.05) is 277 Å². The molecule has 16 aromatic rings. The average Bonchev–Trinajstić information content (AvgIpc) is 0.693. The Bertz CT molecular complexity index is 6210. The fraction of sp³-hybridized carbons (Fsp3) is 0.290. The summed E-state index contributed by atoms with van der Waals surface area (Å²) in [5.41, 5.74) is 7.47. The van der Waals surface area contributed by atoms with Gasteiger partial charge in [-0.2, -0.15) is 0 Å². The standard InChI is InChI=1S/C124H122F12N4O4/c1-9-13-17-21-25-29-33-79-37-45-83(46-38-79)99-73-91(141-5)53-61-111(99)137(87-65-103(125)121(133)104(126)66-87)115-77-116(138(88-67-105(127)122(134)106(128)68-88)112-62-54-92(142-6)74-100(112)84-47-39-80(40-48-84)34-30-26-22-18-14-10-2)96-59-60-98-118(140(90-71-109(131)124(136)110(132)72-90)114-64-56-94(144-8)76-102(114)86-51-43-82(44-52-86)36-32-28-24-20-16-12-4)78-117(97-58-57-95(115)119(96)120(97)98)139(89-69-107(129)123(135)108(130)70-89)113-63-55-93(143-7)75-101(113)85-49-41-81(42-50-85)35-31-27-23-19-15-11-3/h37-78H,9-36H2,1-8H3. The lowest BCUT2D eigenvalue weighted by Crippen LogP contribution is -2.18. The molecular formula is C124H122F12N4O4. The molecule has 20 heteroatoms. The highest BCUT2D eigenvalue weighted by Crippen LogP contribution is 2.59. The summed E-state index contributed by atoms with van der Waals surface area (Å²) < 4.78 is 229. The molecule has 0 aliphatic rings. The Labute approximate surface area is 837 Å². The molecule has 0 aromatic heterocycles. The van der Waals surface area contributed by atoms with Crippen LogP contribution in [-0.2, 0) is 25.7 Å². The molecule has 144 heavy (non-hydrogen) atoms. The molecule has 16 aromatic carbocycles. The smallest absolute Gasteiger partial charge is 0.194 e. The summed E-state index contributed by atoms with van der Waals surface area (Å²) in [5, 5.41) is 1.11. The summed E-state index contributed by atoms with van der Waals surface area (Å²) in [6, 6.07) is 68.6. The minimum absolute atomic E-state index is 0.00589. The minimum Gasteiger partial charge on any atom is -0.497 e. The normalized spacial score (nSPS) is 11.6. The van der Waals surface area contributed by atoms with Crippen LogP contribution < -0.4 is 38.5 Å². The van der Waals surface area contributed by atoms with Crippen LogP contribution in [0.5, 0.6) is 23.0 Å². The van der Waals surface area contributed by atoms with Crippen LogP contribution >= 0.6 is 0 Å². The van der Waals surface area contributed by atoms with Crippen molar-refractivity contribution in [2.24, 2.45) is 0 Å². The highest BCUT2D eigenvalue weighted by atomic mass is 19.2. The number of unbranched alkanes of at least 4 members (excludes halogenated alkanes) is 20. The number of rotatable bonds is 48. The Morgan fingerprint density at radius 3 is 0.549 bits per heavy atom. The third-order valence-corrected chi connectivity index (χ3v) is 27.8. The molecule has 0 aliphatic carbocycles. The summed E-state index contributed by atoms with van der Waals surface area (Å²) >= 11 is 0. The van der Waals surface area contributed by atoms with Crippen LogP contribution in [0.25, 0.3) is 76.8 Å². The van der Waals surface area contributed by atoms with Crippen molar-refractivity contribution in [3.05, 3.63) is 347 Å². The molecule has 0 amide bonds. The predicted octanol–water partition coefficient (Wildman–Crippen LogP) is 38.4. The first-order chi connectivity index (χ1) is 70.0.